The van der Waals surface area contributed by atoms with E-state index in [0.717, 1.165) is 10.7 Å². The second-order valence-electron chi connectivity index (χ2n) is 5.62. The van der Waals surface area contributed by atoms with Crippen molar-refractivity contribution < 1.29 is 14.4 Å². The van der Waals surface area contributed by atoms with E-state index in [9.17, 15) is 14.4 Å². The lowest BCUT2D eigenvalue weighted by Gasteiger charge is -2.30. The van der Waals surface area contributed by atoms with Crippen LogP contribution in [-0.4, -0.2) is 29.0 Å². The van der Waals surface area contributed by atoms with Gasteiger partial charge in [-0.1, -0.05) is 39.7 Å². The van der Waals surface area contributed by atoms with Crippen molar-refractivity contribution in [2.24, 2.45) is 11.0 Å². The first-order chi connectivity index (χ1) is 13.4. The molecule has 0 aliphatic carbocycles. The molecule has 0 radical (unpaired) electrons. The van der Waals surface area contributed by atoms with Gasteiger partial charge in [0.25, 0.3) is 11.8 Å². The average molecular weight is 480 g/mol. The van der Waals surface area contributed by atoms with Crippen molar-refractivity contribution >= 4 is 74.5 Å². The Hall–Kier alpha value is -2.62. The number of rotatable bonds is 4. The number of nitrogens with one attached hydrogen (secondary N) is 2. The fourth-order valence-corrected chi connectivity index (χ4v) is 3.21. The summed E-state index contributed by atoms with van der Waals surface area (Å²) in [5, 5.41) is 6.43. The van der Waals surface area contributed by atoms with Gasteiger partial charge >= 0.3 is 0 Å². The van der Waals surface area contributed by atoms with Gasteiger partial charge in [0, 0.05) is 10.7 Å². The standard InChI is InChI=1S/C18H12BrClN4O3S/c19-10-5-7-11(8-6-10)24-17(27)13(15(25)22-18(24)28)9-21-23-16(26)12-3-1-2-4-14(12)20/h1-9,13H,(H,23,26)(H,22,25,28)/b21-9-/t13-/m1/s1. The summed E-state index contributed by atoms with van der Waals surface area (Å²) >= 11 is 14.4. The molecule has 2 aromatic rings. The van der Waals surface area contributed by atoms with Gasteiger partial charge in [-0.2, -0.15) is 5.10 Å². The maximum Gasteiger partial charge on any atom is 0.272 e. The summed E-state index contributed by atoms with van der Waals surface area (Å²) < 4.78 is 0.830. The van der Waals surface area contributed by atoms with Crippen molar-refractivity contribution in [3.8, 4) is 0 Å². The molecule has 1 aliphatic rings. The van der Waals surface area contributed by atoms with Crippen molar-refractivity contribution in [3.05, 3.63) is 63.6 Å². The molecule has 28 heavy (non-hydrogen) atoms. The van der Waals surface area contributed by atoms with Crippen LogP contribution in [0, 0.1) is 5.92 Å². The van der Waals surface area contributed by atoms with Gasteiger partial charge in [0.05, 0.1) is 16.3 Å². The fraction of sp³-hybridized carbons (Fsp3) is 0.0556. The van der Waals surface area contributed by atoms with E-state index in [0.29, 0.717) is 5.69 Å². The van der Waals surface area contributed by atoms with Crippen LogP contribution in [0.15, 0.2) is 58.1 Å². The van der Waals surface area contributed by atoms with Crippen LogP contribution in [0.4, 0.5) is 5.69 Å². The molecule has 3 rings (SSSR count). The second-order valence-corrected chi connectivity index (χ2v) is 7.33. The van der Waals surface area contributed by atoms with E-state index >= 15 is 0 Å². The molecule has 1 heterocycles. The number of hydrogen-bond acceptors (Lipinski definition) is 5. The Balaban J connectivity index is 1.76. The highest BCUT2D eigenvalue weighted by Gasteiger charge is 2.38. The predicted octanol–water partition coefficient (Wildman–Crippen LogP) is 2.88. The van der Waals surface area contributed by atoms with Gasteiger partial charge in [-0.25, -0.2) is 5.43 Å². The van der Waals surface area contributed by atoms with Crippen LogP contribution in [0.3, 0.4) is 0 Å². The molecule has 0 aromatic heterocycles. The first-order valence-corrected chi connectivity index (χ1v) is 9.49. The molecule has 142 valence electrons. The molecule has 7 nitrogen and oxygen atoms in total. The number of benzene rings is 2. The smallest absolute Gasteiger partial charge is 0.272 e. The number of carbonyl (C=O) groups excluding carboxylic acids is 3. The highest BCUT2D eigenvalue weighted by molar-refractivity contribution is 9.10. The lowest BCUT2D eigenvalue weighted by molar-refractivity contribution is -0.130. The largest absolute Gasteiger partial charge is 0.301 e. The Kier molecular flexibility index (Phi) is 6.18. The molecule has 1 atom stereocenters. The summed E-state index contributed by atoms with van der Waals surface area (Å²) in [7, 11) is 0. The number of thiocarbonyl (C=S) groups is 1. The van der Waals surface area contributed by atoms with Gasteiger partial charge in [0.2, 0.25) is 5.91 Å². The number of anilines is 1. The zero-order valence-corrected chi connectivity index (χ0v) is 17.2. The summed E-state index contributed by atoms with van der Waals surface area (Å²) in [6, 6.07) is 13.3. The molecule has 3 amide bonds. The highest BCUT2D eigenvalue weighted by Crippen LogP contribution is 2.22. The third-order valence-corrected chi connectivity index (χ3v) is 4.94. The van der Waals surface area contributed by atoms with E-state index in [1.807, 2.05) is 0 Å². The third-order valence-electron chi connectivity index (χ3n) is 3.80. The third kappa shape index (κ3) is 4.27. The minimum absolute atomic E-state index is 0.0259. The first-order valence-electron chi connectivity index (χ1n) is 7.91. The Morgan fingerprint density at radius 3 is 2.57 bits per heavy atom. The van der Waals surface area contributed by atoms with Crippen molar-refractivity contribution in [1.82, 2.24) is 10.7 Å². The summed E-state index contributed by atoms with van der Waals surface area (Å²) in [6.07, 6.45) is 1.06. The van der Waals surface area contributed by atoms with Gasteiger partial charge in [0.15, 0.2) is 11.0 Å². The minimum atomic E-state index is -1.25. The highest BCUT2D eigenvalue weighted by atomic mass is 79.9. The molecule has 0 spiro atoms. The van der Waals surface area contributed by atoms with Crippen molar-refractivity contribution in [1.29, 1.82) is 0 Å². The predicted molar refractivity (Wildman–Crippen MR) is 113 cm³/mol. The normalized spacial score (nSPS) is 17.0. The fourth-order valence-electron chi connectivity index (χ4n) is 2.43. The molecule has 1 aliphatic heterocycles. The summed E-state index contributed by atoms with van der Waals surface area (Å²) in [6.45, 7) is 0. The lowest BCUT2D eigenvalue weighted by atomic mass is 10.1. The number of hydrogen-bond donors (Lipinski definition) is 2. The Morgan fingerprint density at radius 1 is 1.21 bits per heavy atom. The van der Waals surface area contributed by atoms with Gasteiger partial charge in [-0.05, 0) is 48.6 Å². The van der Waals surface area contributed by atoms with E-state index < -0.39 is 23.6 Å². The first kappa shape index (κ1) is 20.1. The van der Waals surface area contributed by atoms with E-state index in [-0.39, 0.29) is 15.7 Å². The monoisotopic (exact) mass is 478 g/mol. The van der Waals surface area contributed by atoms with Gasteiger partial charge < -0.3 is 5.32 Å². The van der Waals surface area contributed by atoms with Gasteiger partial charge in [-0.3, -0.25) is 19.3 Å². The molecule has 0 bridgehead atoms. The Labute approximate surface area is 178 Å². The Bertz CT molecular complexity index is 997. The molecular formula is C18H12BrClN4O3S. The molecule has 0 saturated carbocycles. The van der Waals surface area contributed by atoms with Crippen molar-refractivity contribution in [2.45, 2.75) is 0 Å². The zero-order chi connectivity index (χ0) is 20.3. The summed E-state index contributed by atoms with van der Waals surface area (Å²) in [5.41, 5.74) is 2.98. The van der Waals surface area contributed by atoms with Crippen LogP contribution in [0.1, 0.15) is 10.4 Å². The molecule has 1 fully saturated rings. The number of nitrogens with zero attached hydrogens (tertiary/aromatic N) is 2. The van der Waals surface area contributed by atoms with Gasteiger partial charge in [-0.15, -0.1) is 0 Å². The van der Waals surface area contributed by atoms with Crippen molar-refractivity contribution in [3.63, 3.8) is 0 Å². The molecular weight excluding hydrogens is 468 g/mol. The van der Waals surface area contributed by atoms with Gasteiger partial charge in [0.1, 0.15) is 0 Å². The Morgan fingerprint density at radius 2 is 1.89 bits per heavy atom. The van der Waals surface area contributed by atoms with E-state index in [1.54, 1.807) is 42.5 Å². The number of amides is 3. The number of carbonyl (C=O) groups is 3. The molecule has 0 unspecified atom stereocenters. The quantitative estimate of drug-likeness (QED) is 0.305. The van der Waals surface area contributed by atoms with Crippen LogP contribution in [0.2, 0.25) is 5.02 Å². The number of hydrazone groups is 1. The molecule has 2 aromatic carbocycles. The van der Waals surface area contributed by atoms with E-state index in [1.165, 1.54) is 11.0 Å². The maximum absolute atomic E-state index is 12.8. The SMILES string of the molecule is O=C(N/N=C\[C@@H]1C(=O)NC(=S)N(c2ccc(Br)cc2)C1=O)c1ccccc1Cl. The second kappa shape index (κ2) is 8.59. The summed E-state index contributed by atoms with van der Waals surface area (Å²) in [5.74, 6) is -3.02. The average Bonchev–Trinajstić information content (AvgIpc) is 2.66. The van der Waals surface area contributed by atoms with Crippen LogP contribution < -0.4 is 15.6 Å². The van der Waals surface area contributed by atoms with E-state index in [2.05, 4.69) is 31.8 Å². The molecule has 10 heteroatoms. The minimum Gasteiger partial charge on any atom is -0.301 e. The molecule has 2 N–H and O–H groups in total. The van der Waals surface area contributed by atoms with Crippen LogP contribution >= 0.6 is 39.7 Å². The lowest BCUT2D eigenvalue weighted by Crippen LogP contribution is -2.58. The summed E-state index contributed by atoms with van der Waals surface area (Å²) in [4.78, 5) is 38.3. The van der Waals surface area contributed by atoms with Crippen LogP contribution in [0.5, 0.6) is 0 Å². The molecule has 1 saturated heterocycles. The van der Waals surface area contributed by atoms with Crippen LogP contribution in [0.25, 0.3) is 0 Å². The zero-order valence-electron chi connectivity index (χ0n) is 14.1. The topological polar surface area (TPSA) is 90.9 Å². The number of halogens is 2. The van der Waals surface area contributed by atoms with E-state index in [4.69, 9.17) is 23.8 Å². The van der Waals surface area contributed by atoms with Crippen LogP contribution in [-0.2, 0) is 9.59 Å². The maximum atomic E-state index is 12.8. The van der Waals surface area contributed by atoms with Crippen molar-refractivity contribution in [2.75, 3.05) is 4.90 Å².